The van der Waals surface area contributed by atoms with E-state index < -0.39 is 12.1 Å². The van der Waals surface area contributed by atoms with Gasteiger partial charge in [0, 0.05) is 12.8 Å². The summed E-state index contributed by atoms with van der Waals surface area (Å²) in [5, 5.41) is 23.1. The van der Waals surface area contributed by atoms with Crippen LogP contribution in [-0.4, -0.2) is 47.4 Å². The monoisotopic (exact) mass is 764 g/mol. The van der Waals surface area contributed by atoms with Crippen LogP contribution in [0.5, 0.6) is 0 Å². The number of unbranched alkanes of at least 4 members (excludes halogenated alkanes) is 31. The van der Waals surface area contributed by atoms with Gasteiger partial charge in [0.15, 0.2) is 0 Å². The lowest BCUT2D eigenvalue weighted by Gasteiger charge is -2.22. The fraction of sp³-hybridized carbons (Fsp3) is 0.917. The molecule has 0 saturated heterocycles. The molecule has 0 aliphatic rings. The minimum Gasteiger partial charge on any atom is -0.466 e. The Labute approximate surface area is 336 Å². The maximum absolute atomic E-state index is 12.4. The Kier molecular flexibility index (Phi) is 43.2. The lowest BCUT2D eigenvalue weighted by atomic mass is 10.0. The van der Waals surface area contributed by atoms with Crippen LogP contribution in [0.15, 0.2) is 12.2 Å². The molecule has 0 rings (SSSR count). The number of ether oxygens (including phenoxy) is 1. The number of carbonyl (C=O) groups excluding carboxylic acids is 2. The molecule has 2 unspecified atom stereocenters. The molecule has 6 heteroatoms. The first-order chi connectivity index (χ1) is 26.5. The summed E-state index contributed by atoms with van der Waals surface area (Å²) in [6, 6.07) is -0.549. The number of allylic oxidation sites excluding steroid dienone is 2. The zero-order chi connectivity index (χ0) is 39.4. The van der Waals surface area contributed by atoms with Gasteiger partial charge < -0.3 is 20.3 Å². The molecule has 0 aliphatic carbocycles. The largest absolute Gasteiger partial charge is 0.466 e. The third-order valence-electron chi connectivity index (χ3n) is 11.1. The van der Waals surface area contributed by atoms with Crippen LogP contribution in [0.3, 0.4) is 0 Å². The highest BCUT2D eigenvalue weighted by atomic mass is 16.5. The van der Waals surface area contributed by atoms with Crippen molar-refractivity contribution in [2.75, 3.05) is 13.2 Å². The van der Waals surface area contributed by atoms with E-state index >= 15 is 0 Å². The fourth-order valence-electron chi connectivity index (χ4n) is 7.34. The standard InChI is InChI=1S/C48H93NO5/c1-3-5-7-9-11-13-15-22-26-30-34-38-42-48(53)54-43-39-35-31-27-23-20-18-16-17-19-21-25-29-33-37-41-47(52)49-45(44-50)46(51)40-36-32-28-24-14-12-10-8-6-4-2/h18,20,45-46,50-51H,3-17,19,21-44H2,1-2H3,(H,49,52)/b20-18-. The molecule has 54 heavy (non-hydrogen) atoms. The smallest absolute Gasteiger partial charge is 0.305 e. The van der Waals surface area contributed by atoms with Gasteiger partial charge >= 0.3 is 5.97 Å². The molecular formula is C48H93NO5. The Morgan fingerprint density at radius 1 is 0.500 bits per heavy atom. The van der Waals surface area contributed by atoms with Gasteiger partial charge in [-0.25, -0.2) is 0 Å². The van der Waals surface area contributed by atoms with E-state index in [1.165, 1.54) is 154 Å². The molecule has 0 aliphatic heterocycles. The van der Waals surface area contributed by atoms with Gasteiger partial charge in [-0.1, -0.05) is 206 Å². The molecule has 0 aromatic carbocycles. The maximum atomic E-state index is 12.4. The van der Waals surface area contributed by atoms with Gasteiger partial charge in [-0.2, -0.15) is 0 Å². The van der Waals surface area contributed by atoms with E-state index in [1.54, 1.807) is 0 Å². The predicted octanol–water partition coefficient (Wildman–Crippen LogP) is 13.8. The number of aliphatic hydroxyl groups is 2. The van der Waals surface area contributed by atoms with Gasteiger partial charge in [0.25, 0.3) is 0 Å². The van der Waals surface area contributed by atoms with E-state index in [9.17, 15) is 19.8 Å². The van der Waals surface area contributed by atoms with Gasteiger partial charge in [-0.05, 0) is 51.4 Å². The SMILES string of the molecule is CCCCCCCCCCCCCCC(=O)OCCCCCC/C=C\CCCCCCCCCC(=O)NC(CO)C(O)CCCCCCCCCCCC. The molecule has 0 saturated carbocycles. The van der Waals surface area contributed by atoms with Crippen molar-refractivity contribution in [3.8, 4) is 0 Å². The first-order valence-electron chi connectivity index (χ1n) is 23.9. The molecule has 3 N–H and O–H groups in total. The molecule has 0 bridgehead atoms. The summed E-state index contributed by atoms with van der Waals surface area (Å²) in [4.78, 5) is 24.3. The molecule has 0 aromatic rings. The van der Waals surface area contributed by atoms with Crippen LogP contribution < -0.4 is 5.32 Å². The second-order valence-corrected chi connectivity index (χ2v) is 16.4. The number of hydrogen-bond acceptors (Lipinski definition) is 5. The van der Waals surface area contributed by atoms with Crippen LogP contribution >= 0.6 is 0 Å². The van der Waals surface area contributed by atoms with Crippen LogP contribution in [0.4, 0.5) is 0 Å². The van der Waals surface area contributed by atoms with E-state index in [0.29, 0.717) is 25.9 Å². The summed E-state index contributed by atoms with van der Waals surface area (Å²) in [7, 11) is 0. The van der Waals surface area contributed by atoms with Crippen LogP contribution in [0.2, 0.25) is 0 Å². The van der Waals surface area contributed by atoms with Gasteiger partial charge in [0.2, 0.25) is 5.91 Å². The van der Waals surface area contributed by atoms with Gasteiger partial charge in [-0.3, -0.25) is 9.59 Å². The summed E-state index contributed by atoms with van der Waals surface area (Å²) in [5.41, 5.74) is 0. The Morgan fingerprint density at radius 3 is 1.31 bits per heavy atom. The number of rotatable bonds is 44. The van der Waals surface area contributed by atoms with Crippen molar-refractivity contribution in [3.05, 3.63) is 12.2 Å². The van der Waals surface area contributed by atoms with Crippen molar-refractivity contribution in [1.29, 1.82) is 0 Å². The van der Waals surface area contributed by atoms with Crippen molar-refractivity contribution >= 4 is 11.9 Å². The highest BCUT2D eigenvalue weighted by Gasteiger charge is 2.20. The lowest BCUT2D eigenvalue weighted by molar-refractivity contribution is -0.143. The van der Waals surface area contributed by atoms with Gasteiger partial charge in [0.1, 0.15) is 0 Å². The van der Waals surface area contributed by atoms with Crippen molar-refractivity contribution in [1.82, 2.24) is 5.32 Å². The van der Waals surface area contributed by atoms with Crippen LogP contribution in [0.25, 0.3) is 0 Å². The van der Waals surface area contributed by atoms with Gasteiger partial charge in [0.05, 0.1) is 25.4 Å². The molecule has 0 heterocycles. The van der Waals surface area contributed by atoms with E-state index in [4.69, 9.17) is 4.74 Å². The van der Waals surface area contributed by atoms with Crippen molar-refractivity contribution in [2.45, 2.75) is 270 Å². The highest BCUT2D eigenvalue weighted by molar-refractivity contribution is 5.76. The van der Waals surface area contributed by atoms with Crippen LogP contribution in [-0.2, 0) is 14.3 Å². The molecule has 0 fully saturated rings. The second kappa shape index (κ2) is 44.3. The Balaban J connectivity index is 3.46. The second-order valence-electron chi connectivity index (χ2n) is 16.4. The predicted molar refractivity (Wildman–Crippen MR) is 232 cm³/mol. The molecule has 6 nitrogen and oxygen atoms in total. The van der Waals surface area contributed by atoms with E-state index in [0.717, 1.165) is 70.6 Å². The number of hydrogen-bond donors (Lipinski definition) is 3. The third kappa shape index (κ3) is 40.3. The topological polar surface area (TPSA) is 95.9 Å². The zero-order valence-electron chi connectivity index (χ0n) is 36.2. The minimum atomic E-state index is -0.671. The molecule has 0 radical (unpaired) electrons. The van der Waals surface area contributed by atoms with Crippen LogP contribution in [0, 0.1) is 0 Å². The Hall–Kier alpha value is -1.40. The van der Waals surface area contributed by atoms with Crippen molar-refractivity contribution in [2.24, 2.45) is 0 Å². The Bertz CT molecular complexity index is 802. The highest BCUT2D eigenvalue weighted by Crippen LogP contribution is 2.15. The first-order valence-corrected chi connectivity index (χ1v) is 23.9. The number of carbonyl (C=O) groups is 2. The zero-order valence-corrected chi connectivity index (χ0v) is 36.2. The quantitative estimate of drug-likeness (QED) is 0.0326. The van der Waals surface area contributed by atoms with Crippen molar-refractivity contribution < 1.29 is 24.5 Å². The normalized spacial score (nSPS) is 12.7. The summed E-state index contributed by atoms with van der Waals surface area (Å²) in [6.07, 6.45) is 48.9. The maximum Gasteiger partial charge on any atom is 0.305 e. The number of nitrogens with one attached hydrogen (secondary N) is 1. The summed E-state index contributed by atoms with van der Waals surface area (Å²) >= 11 is 0. The summed E-state index contributed by atoms with van der Waals surface area (Å²) in [5.74, 6) is -0.0618. The summed E-state index contributed by atoms with van der Waals surface area (Å²) < 4.78 is 5.44. The number of amides is 1. The van der Waals surface area contributed by atoms with E-state index in [-0.39, 0.29) is 18.5 Å². The average molecular weight is 764 g/mol. The average Bonchev–Trinajstić information content (AvgIpc) is 3.17. The van der Waals surface area contributed by atoms with E-state index in [2.05, 4.69) is 31.3 Å². The first kappa shape index (κ1) is 52.6. The number of aliphatic hydroxyl groups excluding tert-OH is 2. The minimum absolute atomic E-state index is 0.00979. The molecule has 320 valence electrons. The van der Waals surface area contributed by atoms with E-state index in [1.807, 2.05) is 0 Å². The molecule has 1 amide bonds. The molecule has 0 spiro atoms. The van der Waals surface area contributed by atoms with Crippen LogP contribution in [0.1, 0.15) is 258 Å². The van der Waals surface area contributed by atoms with Gasteiger partial charge in [-0.15, -0.1) is 0 Å². The molecule has 2 atom stereocenters. The summed E-state index contributed by atoms with van der Waals surface area (Å²) in [6.45, 7) is 4.90. The number of esters is 1. The Morgan fingerprint density at radius 2 is 0.870 bits per heavy atom. The molecule has 0 aromatic heterocycles. The third-order valence-corrected chi connectivity index (χ3v) is 11.1. The fourth-order valence-corrected chi connectivity index (χ4v) is 7.34. The lowest BCUT2D eigenvalue weighted by Crippen LogP contribution is -2.45. The van der Waals surface area contributed by atoms with Crippen molar-refractivity contribution in [3.63, 3.8) is 0 Å². The molecular weight excluding hydrogens is 671 g/mol.